The number of aromatic nitrogens is 2. The predicted octanol–water partition coefficient (Wildman–Crippen LogP) is 3.79. The molecule has 0 bridgehead atoms. The number of amides is 1. The third-order valence-electron chi connectivity index (χ3n) is 6.34. The van der Waals surface area contributed by atoms with Gasteiger partial charge in [0.1, 0.15) is 11.7 Å². The van der Waals surface area contributed by atoms with Crippen molar-refractivity contribution in [3.8, 4) is 6.07 Å². The maximum atomic E-state index is 12.7. The van der Waals surface area contributed by atoms with Gasteiger partial charge in [-0.15, -0.1) is 0 Å². The van der Waals surface area contributed by atoms with Crippen molar-refractivity contribution in [3.05, 3.63) is 34.7 Å². The van der Waals surface area contributed by atoms with E-state index >= 15 is 0 Å². The van der Waals surface area contributed by atoms with Gasteiger partial charge in [0.25, 0.3) is 0 Å². The summed E-state index contributed by atoms with van der Waals surface area (Å²) in [6.07, 6.45) is 6.97. The van der Waals surface area contributed by atoms with Crippen LogP contribution in [0.4, 0.5) is 0 Å². The largest absolute Gasteiger partial charge is 0.376 e. The van der Waals surface area contributed by atoms with Crippen LogP contribution in [-0.4, -0.2) is 46.4 Å². The van der Waals surface area contributed by atoms with Crippen LogP contribution in [0.1, 0.15) is 62.0 Å². The molecule has 2 aromatic rings. The Morgan fingerprint density at radius 3 is 2.88 bits per heavy atom. The fourth-order valence-electron chi connectivity index (χ4n) is 4.92. The normalized spacial score (nSPS) is 23.0. The summed E-state index contributed by atoms with van der Waals surface area (Å²) < 4.78 is 13.7. The number of rotatable bonds is 5. The summed E-state index contributed by atoms with van der Waals surface area (Å²) in [5.41, 5.74) is 3.73. The number of carbonyl (C=O) groups excluding carboxylic acids is 1. The minimum atomic E-state index is -0.233. The molecule has 170 valence electrons. The monoisotopic (exact) mass is 436 g/mol. The van der Waals surface area contributed by atoms with Gasteiger partial charge in [0.05, 0.1) is 29.5 Å². The highest BCUT2D eigenvalue weighted by Gasteiger charge is 2.29. The zero-order chi connectivity index (χ0) is 22.9. The van der Waals surface area contributed by atoms with Gasteiger partial charge in [0, 0.05) is 36.4 Å². The lowest BCUT2D eigenvalue weighted by Gasteiger charge is -2.35. The number of nitrogens with one attached hydrogen (secondary N) is 1. The summed E-state index contributed by atoms with van der Waals surface area (Å²) in [4.78, 5) is 17.5. The fraction of sp³-hybridized carbons (Fsp3) is 0.560. The van der Waals surface area contributed by atoms with Crippen molar-refractivity contribution in [1.29, 1.82) is 5.26 Å². The molecule has 7 heteroatoms. The second-order valence-corrected chi connectivity index (χ2v) is 9.54. The number of ether oxygens (including phenoxy) is 2. The van der Waals surface area contributed by atoms with Crippen molar-refractivity contribution in [2.45, 2.75) is 77.7 Å². The van der Waals surface area contributed by atoms with Crippen LogP contribution in [0, 0.1) is 25.2 Å². The second kappa shape index (κ2) is 9.05. The Kier molecular flexibility index (Phi) is 6.36. The zero-order valence-corrected chi connectivity index (χ0v) is 19.4. The smallest absolute Gasteiger partial charge is 0.244 e. The van der Waals surface area contributed by atoms with E-state index in [0.29, 0.717) is 24.4 Å². The highest BCUT2D eigenvalue weighted by atomic mass is 16.5. The third-order valence-corrected chi connectivity index (χ3v) is 6.34. The van der Waals surface area contributed by atoms with Crippen LogP contribution in [0.3, 0.4) is 0 Å². The molecule has 0 spiro atoms. The van der Waals surface area contributed by atoms with Gasteiger partial charge in [0.15, 0.2) is 0 Å². The van der Waals surface area contributed by atoms with Crippen molar-refractivity contribution in [2.75, 3.05) is 13.2 Å². The van der Waals surface area contributed by atoms with Crippen LogP contribution >= 0.6 is 0 Å². The fourth-order valence-corrected chi connectivity index (χ4v) is 4.92. The van der Waals surface area contributed by atoms with Crippen LogP contribution in [-0.2, 0) is 20.8 Å². The highest BCUT2D eigenvalue weighted by Crippen LogP contribution is 2.30. The molecule has 1 amide bonds. The van der Waals surface area contributed by atoms with Crippen LogP contribution in [0.15, 0.2) is 12.1 Å². The van der Waals surface area contributed by atoms with E-state index in [9.17, 15) is 10.1 Å². The minimum absolute atomic E-state index is 0.0793. The van der Waals surface area contributed by atoms with E-state index in [1.165, 1.54) is 6.08 Å². The topological polar surface area (TPSA) is 89.2 Å². The maximum Gasteiger partial charge on any atom is 0.244 e. The number of carbonyl (C=O) groups is 1. The molecule has 2 atom stereocenters. The first-order valence-corrected chi connectivity index (χ1v) is 11.4. The van der Waals surface area contributed by atoms with E-state index in [1.807, 2.05) is 38.3 Å². The van der Waals surface area contributed by atoms with Crippen molar-refractivity contribution in [2.24, 2.45) is 0 Å². The highest BCUT2D eigenvalue weighted by molar-refractivity contribution is 5.96. The van der Waals surface area contributed by atoms with Crippen molar-refractivity contribution >= 4 is 23.0 Å². The van der Waals surface area contributed by atoms with Crippen molar-refractivity contribution in [1.82, 2.24) is 14.9 Å². The lowest BCUT2D eigenvalue weighted by molar-refractivity contribution is -0.119. The number of hydrogen-bond donors (Lipinski definition) is 1. The standard InChI is InChI=1S/C25H32N4O3/c1-16-12-17(2)27-24-23(16)20(14-26)21(29(24)15-19-6-5-10-31-19)7-8-22(30)28-18-9-11-32-25(3,4)13-18/h7-8,12,18-19H,5-6,9-11,13,15H2,1-4H3,(H,28,30). The summed E-state index contributed by atoms with van der Waals surface area (Å²) in [5.74, 6) is -0.161. The number of nitrogens with zero attached hydrogens (tertiary/aromatic N) is 3. The molecule has 2 saturated heterocycles. The van der Waals surface area contributed by atoms with Gasteiger partial charge >= 0.3 is 0 Å². The first-order valence-electron chi connectivity index (χ1n) is 11.4. The van der Waals surface area contributed by atoms with Gasteiger partial charge in [-0.1, -0.05) is 0 Å². The first kappa shape index (κ1) is 22.5. The molecule has 7 nitrogen and oxygen atoms in total. The average molecular weight is 437 g/mol. The van der Waals surface area contributed by atoms with Crippen LogP contribution in [0.25, 0.3) is 17.1 Å². The Morgan fingerprint density at radius 1 is 1.38 bits per heavy atom. The van der Waals surface area contributed by atoms with Gasteiger partial charge in [-0.25, -0.2) is 4.98 Å². The molecule has 0 radical (unpaired) electrons. The van der Waals surface area contributed by atoms with E-state index in [4.69, 9.17) is 14.5 Å². The lowest BCUT2D eigenvalue weighted by atomic mass is 9.94. The van der Waals surface area contributed by atoms with Crippen molar-refractivity contribution in [3.63, 3.8) is 0 Å². The minimum Gasteiger partial charge on any atom is -0.376 e. The Labute approximate surface area is 189 Å². The van der Waals surface area contributed by atoms with Crippen LogP contribution in [0.5, 0.6) is 0 Å². The Balaban J connectivity index is 1.66. The molecule has 0 saturated carbocycles. The Hall–Kier alpha value is -2.69. The number of nitriles is 1. The number of hydrogen-bond acceptors (Lipinski definition) is 5. The van der Waals surface area contributed by atoms with Gasteiger partial charge < -0.3 is 19.4 Å². The molecule has 2 aliphatic rings. The lowest BCUT2D eigenvalue weighted by Crippen LogP contribution is -2.45. The summed E-state index contributed by atoms with van der Waals surface area (Å²) in [6, 6.07) is 4.43. The first-order chi connectivity index (χ1) is 15.3. The van der Waals surface area contributed by atoms with E-state index in [1.54, 1.807) is 6.08 Å². The van der Waals surface area contributed by atoms with Gasteiger partial charge in [-0.05, 0) is 71.1 Å². The molecule has 2 aliphatic heterocycles. The summed E-state index contributed by atoms with van der Waals surface area (Å²) >= 11 is 0. The molecule has 2 fully saturated rings. The molecule has 1 N–H and O–H groups in total. The number of pyridine rings is 1. The molecular formula is C25H32N4O3. The summed E-state index contributed by atoms with van der Waals surface area (Å²) in [7, 11) is 0. The van der Waals surface area contributed by atoms with E-state index < -0.39 is 0 Å². The zero-order valence-electron chi connectivity index (χ0n) is 19.4. The summed E-state index contributed by atoms with van der Waals surface area (Å²) in [5, 5.41) is 13.9. The number of fused-ring (bicyclic) bond motifs is 1. The van der Waals surface area contributed by atoms with E-state index in [-0.39, 0.29) is 23.7 Å². The molecule has 0 aliphatic carbocycles. The number of aryl methyl sites for hydroxylation is 2. The van der Waals surface area contributed by atoms with Gasteiger partial charge in [-0.2, -0.15) is 5.26 Å². The molecule has 2 aromatic heterocycles. The van der Waals surface area contributed by atoms with Crippen LogP contribution in [0.2, 0.25) is 0 Å². The Bertz CT molecular complexity index is 1090. The SMILES string of the molecule is Cc1cc(C)c2c(C#N)c(C=CC(=O)NC3CCOC(C)(C)C3)n(CC3CCCO3)c2n1. The average Bonchev–Trinajstić information content (AvgIpc) is 3.32. The van der Waals surface area contributed by atoms with Gasteiger partial charge in [0.2, 0.25) is 5.91 Å². The molecule has 4 heterocycles. The van der Waals surface area contributed by atoms with Crippen molar-refractivity contribution < 1.29 is 14.3 Å². The van der Waals surface area contributed by atoms with Crippen LogP contribution < -0.4 is 5.32 Å². The summed E-state index contributed by atoms with van der Waals surface area (Å²) in [6.45, 7) is 10.1. The molecule has 4 rings (SSSR count). The van der Waals surface area contributed by atoms with E-state index in [2.05, 4.69) is 11.4 Å². The van der Waals surface area contributed by atoms with Gasteiger partial charge in [-0.3, -0.25) is 4.79 Å². The third kappa shape index (κ3) is 4.72. The maximum absolute atomic E-state index is 12.7. The quantitative estimate of drug-likeness (QED) is 0.721. The molecule has 2 unspecified atom stereocenters. The Morgan fingerprint density at radius 2 is 2.19 bits per heavy atom. The molecule has 32 heavy (non-hydrogen) atoms. The predicted molar refractivity (Wildman–Crippen MR) is 123 cm³/mol. The second-order valence-electron chi connectivity index (χ2n) is 9.54. The molecule has 0 aromatic carbocycles. The molecular weight excluding hydrogens is 404 g/mol. The van der Waals surface area contributed by atoms with E-state index in [0.717, 1.165) is 54.6 Å².